The van der Waals surface area contributed by atoms with Crippen molar-refractivity contribution in [1.82, 2.24) is 24.9 Å². The summed E-state index contributed by atoms with van der Waals surface area (Å²) in [5.41, 5.74) is 4.18. The van der Waals surface area contributed by atoms with Gasteiger partial charge in [-0.15, -0.1) is 0 Å². The monoisotopic (exact) mass is 425 g/mol. The van der Waals surface area contributed by atoms with Crippen molar-refractivity contribution in [2.24, 2.45) is 7.05 Å². The summed E-state index contributed by atoms with van der Waals surface area (Å²) in [7, 11) is 3.88. The molecule has 0 fully saturated rings. The fourth-order valence-electron chi connectivity index (χ4n) is 3.85. The summed E-state index contributed by atoms with van der Waals surface area (Å²) in [6.45, 7) is 7.49. The predicted molar refractivity (Wildman–Crippen MR) is 118 cm³/mol. The minimum atomic E-state index is -0.556. The van der Waals surface area contributed by atoms with Crippen molar-refractivity contribution >= 4 is 12.0 Å². The van der Waals surface area contributed by atoms with E-state index in [-0.39, 0.29) is 12.6 Å². The standard InChI is InChI=1S/C23H31N5O3/c1-6-28-19(15-26(4)14-18-13-24-27(5)16(18)3)20(22(29)31-7-2)21(25-23(28)30)17-11-9-8-10-12-17/h8-13,21H,6-7,14-15H2,1-5H3,(H,25,30)/t21-/m1/s1. The first-order valence-corrected chi connectivity index (χ1v) is 10.6. The Morgan fingerprint density at radius 1 is 1.23 bits per heavy atom. The molecule has 1 aliphatic heterocycles. The highest BCUT2D eigenvalue weighted by atomic mass is 16.5. The lowest BCUT2D eigenvalue weighted by Crippen LogP contribution is -2.50. The predicted octanol–water partition coefficient (Wildman–Crippen LogP) is 2.76. The number of nitrogens with one attached hydrogen (secondary N) is 1. The van der Waals surface area contributed by atoms with E-state index < -0.39 is 12.0 Å². The molecule has 166 valence electrons. The number of hydrogen-bond donors (Lipinski definition) is 1. The molecule has 8 nitrogen and oxygen atoms in total. The Hall–Kier alpha value is -3.13. The van der Waals surface area contributed by atoms with E-state index in [1.807, 2.05) is 69.2 Å². The second-order valence-corrected chi connectivity index (χ2v) is 7.67. The lowest BCUT2D eigenvalue weighted by atomic mass is 9.94. The number of urea groups is 1. The Kier molecular flexibility index (Phi) is 7.12. The van der Waals surface area contributed by atoms with Gasteiger partial charge in [0, 0.05) is 43.6 Å². The molecule has 1 aliphatic rings. The fraction of sp³-hybridized carbons (Fsp3) is 0.435. The second kappa shape index (κ2) is 9.78. The second-order valence-electron chi connectivity index (χ2n) is 7.67. The number of carbonyl (C=O) groups excluding carboxylic acids is 2. The summed E-state index contributed by atoms with van der Waals surface area (Å²) in [6, 6.07) is 8.74. The molecule has 8 heteroatoms. The number of aromatic nitrogens is 2. The average Bonchev–Trinajstić information content (AvgIpc) is 3.06. The van der Waals surface area contributed by atoms with Gasteiger partial charge in [-0.3, -0.25) is 14.5 Å². The van der Waals surface area contributed by atoms with Gasteiger partial charge >= 0.3 is 12.0 Å². The van der Waals surface area contributed by atoms with E-state index in [2.05, 4.69) is 15.3 Å². The Morgan fingerprint density at radius 3 is 2.52 bits per heavy atom. The summed E-state index contributed by atoms with van der Waals surface area (Å²) in [4.78, 5) is 29.7. The molecule has 3 rings (SSSR count). The topological polar surface area (TPSA) is 79.7 Å². The van der Waals surface area contributed by atoms with Gasteiger partial charge in [-0.2, -0.15) is 5.10 Å². The number of amides is 2. The van der Waals surface area contributed by atoms with Crippen molar-refractivity contribution in [1.29, 1.82) is 0 Å². The van der Waals surface area contributed by atoms with E-state index in [4.69, 9.17) is 4.74 Å². The van der Waals surface area contributed by atoms with Crippen molar-refractivity contribution in [2.75, 3.05) is 26.7 Å². The van der Waals surface area contributed by atoms with Gasteiger partial charge in [0.25, 0.3) is 0 Å². The third kappa shape index (κ3) is 4.80. The molecule has 2 heterocycles. The molecule has 31 heavy (non-hydrogen) atoms. The van der Waals surface area contributed by atoms with E-state index in [0.717, 1.165) is 16.8 Å². The summed E-state index contributed by atoms with van der Waals surface area (Å²) >= 11 is 0. The lowest BCUT2D eigenvalue weighted by molar-refractivity contribution is -0.139. The van der Waals surface area contributed by atoms with Gasteiger partial charge in [-0.25, -0.2) is 9.59 Å². The Balaban J connectivity index is 2.02. The van der Waals surface area contributed by atoms with Gasteiger partial charge in [-0.1, -0.05) is 30.3 Å². The summed E-state index contributed by atoms with van der Waals surface area (Å²) in [6.07, 6.45) is 1.85. The zero-order valence-corrected chi connectivity index (χ0v) is 18.9. The zero-order chi connectivity index (χ0) is 22.5. The fourth-order valence-corrected chi connectivity index (χ4v) is 3.85. The number of esters is 1. The van der Waals surface area contributed by atoms with Crippen molar-refractivity contribution in [2.45, 2.75) is 33.4 Å². The van der Waals surface area contributed by atoms with Crippen molar-refractivity contribution in [3.8, 4) is 0 Å². The highest BCUT2D eigenvalue weighted by Gasteiger charge is 2.37. The number of ether oxygens (including phenoxy) is 1. The minimum absolute atomic E-state index is 0.217. The van der Waals surface area contributed by atoms with Crippen LogP contribution in [0.25, 0.3) is 0 Å². The third-order valence-electron chi connectivity index (χ3n) is 5.58. The molecule has 0 radical (unpaired) electrons. The molecule has 1 N–H and O–H groups in total. The maximum atomic E-state index is 13.1. The molecule has 2 amide bonds. The number of carbonyl (C=O) groups is 2. The van der Waals surface area contributed by atoms with E-state index in [1.165, 1.54) is 0 Å². The van der Waals surface area contributed by atoms with Crippen LogP contribution in [0.3, 0.4) is 0 Å². The van der Waals surface area contributed by atoms with Gasteiger partial charge < -0.3 is 10.1 Å². The van der Waals surface area contributed by atoms with E-state index >= 15 is 0 Å². The molecule has 1 aromatic carbocycles. The van der Waals surface area contributed by atoms with E-state index in [0.29, 0.717) is 30.9 Å². The molecular formula is C23H31N5O3. The van der Waals surface area contributed by atoms with Crippen LogP contribution in [0.4, 0.5) is 4.79 Å². The van der Waals surface area contributed by atoms with Crippen LogP contribution in [0.15, 0.2) is 47.8 Å². The van der Waals surface area contributed by atoms with Crippen LogP contribution < -0.4 is 5.32 Å². The van der Waals surface area contributed by atoms with Crippen LogP contribution in [0.5, 0.6) is 0 Å². The molecule has 2 aromatic rings. The lowest BCUT2D eigenvalue weighted by Gasteiger charge is -2.37. The number of rotatable bonds is 8. The van der Waals surface area contributed by atoms with Crippen LogP contribution in [0, 0.1) is 6.92 Å². The van der Waals surface area contributed by atoms with Gasteiger partial charge in [-0.05, 0) is 33.4 Å². The van der Waals surface area contributed by atoms with Gasteiger partial charge in [0.2, 0.25) is 0 Å². The SMILES string of the molecule is CCOC(=O)C1=C(CN(C)Cc2cnn(C)c2C)N(CC)C(=O)N[C@@H]1c1ccccc1. The number of likely N-dealkylation sites (N-methyl/N-ethyl adjacent to an activating group) is 2. The number of benzene rings is 1. The molecule has 0 spiro atoms. The maximum Gasteiger partial charge on any atom is 0.338 e. The Morgan fingerprint density at radius 2 is 1.94 bits per heavy atom. The van der Waals surface area contributed by atoms with Gasteiger partial charge in [0.05, 0.1) is 24.4 Å². The minimum Gasteiger partial charge on any atom is -0.463 e. The first-order chi connectivity index (χ1) is 14.9. The first kappa shape index (κ1) is 22.6. The number of aryl methyl sites for hydroxylation is 1. The van der Waals surface area contributed by atoms with Gasteiger partial charge in [0.1, 0.15) is 0 Å². The smallest absolute Gasteiger partial charge is 0.338 e. The number of hydrogen-bond acceptors (Lipinski definition) is 5. The summed E-state index contributed by atoms with van der Waals surface area (Å²) < 4.78 is 7.24. The Labute approximate surface area is 183 Å². The maximum absolute atomic E-state index is 13.1. The van der Waals surface area contributed by atoms with Crippen molar-refractivity contribution in [3.63, 3.8) is 0 Å². The Bertz CT molecular complexity index is 967. The largest absolute Gasteiger partial charge is 0.463 e. The quantitative estimate of drug-likeness (QED) is 0.658. The first-order valence-electron chi connectivity index (χ1n) is 10.6. The van der Waals surface area contributed by atoms with E-state index in [9.17, 15) is 9.59 Å². The molecular weight excluding hydrogens is 394 g/mol. The molecule has 0 saturated carbocycles. The highest BCUT2D eigenvalue weighted by molar-refractivity contribution is 5.95. The van der Waals surface area contributed by atoms with Crippen molar-refractivity contribution < 1.29 is 14.3 Å². The molecule has 0 unspecified atom stereocenters. The van der Waals surface area contributed by atoms with Gasteiger partial charge in [0.15, 0.2) is 0 Å². The van der Waals surface area contributed by atoms with Crippen LogP contribution >= 0.6 is 0 Å². The molecule has 1 atom stereocenters. The van der Waals surface area contributed by atoms with E-state index in [1.54, 1.807) is 11.8 Å². The third-order valence-corrected chi connectivity index (χ3v) is 5.58. The summed E-state index contributed by atoms with van der Waals surface area (Å²) in [5.74, 6) is -0.407. The zero-order valence-electron chi connectivity index (χ0n) is 18.9. The molecule has 0 bridgehead atoms. The average molecular weight is 426 g/mol. The molecule has 0 saturated heterocycles. The molecule has 0 aliphatic carbocycles. The van der Waals surface area contributed by atoms with Crippen LogP contribution in [0.1, 0.15) is 36.7 Å². The van der Waals surface area contributed by atoms with Crippen LogP contribution in [0.2, 0.25) is 0 Å². The van der Waals surface area contributed by atoms with Crippen molar-refractivity contribution in [3.05, 3.63) is 64.6 Å². The normalized spacial score (nSPS) is 16.6. The summed E-state index contributed by atoms with van der Waals surface area (Å²) in [5, 5.41) is 7.29. The van der Waals surface area contributed by atoms with Crippen LogP contribution in [-0.4, -0.2) is 58.3 Å². The molecule has 1 aromatic heterocycles. The highest BCUT2D eigenvalue weighted by Crippen LogP contribution is 2.32. The van der Waals surface area contributed by atoms with Crippen LogP contribution in [-0.2, 0) is 23.1 Å². The number of nitrogens with zero attached hydrogens (tertiary/aromatic N) is 4.